The van der Waals surface area contributed by atoms with E-state index in [0.717, 1.165) is 5.92 Å². The summed E-state index contributed by atoms with van der Waals surface area (Å²) in [6, 6.07) is 9.54. The Kier molecular flexibility index (Phi) is 2.74. The van der Waals surface area contributed by atoms with Crippen LogP contribution in [0, 0.1) is 11.3 Å². The van der Waals surface area contributed by atoms with Gasteiger partial charge in [0.25, 0.3) is 0 Å². The lowest BCUT2D eigenvalue weighted by atomic mass is 9.92. The summed E-state index contributed by atoms with van der Waals surface area (Å²) in [6.45, 7) is 5.96. The Morgan fingerprint density at radius 2 is 2.06 bits per heavy atom. The summed E-state index contributed by atoms with van der Waals surface area (Å²) in [6.07, 6.45) is 5.38. The van der Waals surface area contributed by atoms with Crippen LogP contribution in [0.2, 0.25) is 0 Å². The molecule has 1 nitrogen and oxygen atoms in total. The number of fused-ring (bicyclic) bond motifs is 1. The third-order valence-corrected chi connectivity index (χ3v) is 4.95. The minimum atomic E-state index is 0.613. The molecular weight excluding hydrogens is 206 g/mol. The Labute approximate surface area is 105 Å². The molecule has 1 saturated carbocycles. The van der Waals surface area contributed by atoms with Crippen LogP contribution < -0.4 is 5.32 Å². The zero-order valence-electron chi connectivity index (χ0n) is 11.0. The zero-order valence-corrected chi connectivity index (χ0v) is 11.0. The molecule has 1 fully saturated rings. The molecule has 2 aliphatic carbocycles. The van der Waals surface area contributed by atoms with Crippen molar-refractivity contribution in [1.29, 1.82) is 0 Å². The third kappa shape index (κ3) is 2.01. The van der Waals surface area contributed by atoms with Gasteiger partial charge in [0.1, 0.15) is 0 Å². The monoisotopic (exact) mass is 229 g/mol. The smallest absolute Gasteiger partial charge is 0.0326 e. The van der Waals surface area contributed by atoms with Gasteiger partial charge < -0.3 is 5.32 Å². The maximum absolute atomic E-state index is 3.82. The standard InChI is InChI=1S/C16H23N/c1-12(2)16(9-10-16)11-17-15-8-7-13-5-3-4-6-14(13)15/h3-6,12,15,17H,7-11H2,1-2H3. The van der Waals surface area contributed by atoms with Crippen molar-refractivity contribution in [2.45, 2.75) is 45.6 Å². The average molecular weight is 229 g/mol. The molecule has 1 heteroatoms. The van der Waals surface area contributed by atoms with Crippen molar-refractivity contribution >= 4 is 0 Å². The quantitative estimate of drug-likeness (QED) is 0.830. The molecule has 1 N–H and O–H groups in total. The van der Waals surface area contributed by atoms with Crippen LogP contribution >= 0.6 is 0 Å². The van der Waals surface area contributed by atoms with Gasteiger partial charge in [-0.15, -0.1) is 0 Å². The number of nitrogens with one attached hydrogen (secondary N) is 1. The van der Waals surface area contributed by atoms with Crippen LogP contribution in [0.4, 0.5) is 0 Å². The number of benzene rings is 1. The molecule has 0 heterocycles. The van der Waals surface area contributed by atoms with E-state index in [-0.39, 0.29) is 0 Å². The van der Waals surface area contributed by atoms with Gasteiger partial charge in [0.15, 0.2) is 0 Å². The van der Waals surface area contributed by atoms with Crippen LogP contribution in [0.3, 0.4) is 0 Å². The van der Waals surface area contributed by atoms with Crippen molar-refractivity contribution in [3.63, 3.8) is 0 Å². The van der Waals surface area contributed by atoms with E-state index in [4.69, 9.17) is 0 Å². The van der Waals surface area contributed by atoms with E-state index >= 15 is 0 Å². The molecule has 0 bridgehead atoms. The summed E-state index contributed by atoms with van der Waals surface area (Å²) in [5.41, 5.74) is 3.73. The summed E-state index contributed by atoms with van der Waals surface area (Å²) in [7, 11) is 0. The first-order chi connectivity index (χ1) is 8.21. The van der Waals surface area contributed by atoms with Gasteiger partial charge >= 0.3 is 0 Å². The highest BCUT2D eigenvalue weighted by Gasteiger charge is 2.45. The molecule has 0 radical (unpaired) electrons. The van der Waals surface area contributed by atoms with Gasteiger partial charge in [-0.1, -0.05) is 38.1 Å². The van der Waals surface area contributed by atoms with Crippen molar-refractivity contribution in [3.8, 4) is 0 Å². The van der Waals surface area contributed by atoms with E-state index in [1.165, 1.54) is 32.2 Å². The average Bonchev–Trinajstić information content (AvgIpc) is 3.02. The fraction of sp³-hybridized carbons (Fsp3) is 0.625. The van der Waals surface area contributed by atoms with Crippen LogP contribution in [-0.4, -0.2) is 6.54 Å². The first-order valence-electron chi connectivity index (χ1n) is 7.02. The highest BCUT2D eigenvalue weighted by Crippen LogP contribution is 2.51. The fourth-order valence-corrected chi connectivity index (χ4v) is 3.21. The van der Waals surface area contributed by atoms with Crippen molar-refractivity contribution in [2.24, 2.45) is 11.3 Å². The maximum atomic E-state index is 3.82. The van der Waals surface area contributed by atoms with Gasteiger partial charge in [-0.25, -0.2) is 0 Å². The first kappa shape index (κ1) is 11.3. The van der Waals surface area contributed by atoms with Crippen LogP contribution in [0.5, 0.6) is 0 Å². The van der Waals surface area contributed by atoms with E-state index in [1.807, 2.05) is 0 Å². The highest BCUT2D eigenvalue weighted by molar-refractivity contribution is 5.34. The molecule has 0 spiro atoms. The molecule has 1 atom stereocenters. The Morgan fingerprint density at radius 3 is 2.76 bits per heavy atom. The molecule has 0 aromatic heterocycles. The molecular formula is C16H23N. The van der Waals surface area contributed by atoms with Gasteiger partial charge in [-0.2, -0.15) is 0 Å². The van der Waals surface area contributed by atoms with E-state index < -0.39 is 0 Å². The van der Waals surface area contributed by atoms with Crippen LogP contribution in [0.15, 0.2) is 24.3 Å². The molecule has 0 aliphatic heterocycles. The van der Waals surface area contributed by atoms with Crippen LogP contribution in [0.1, 0.15) is 50.3 Å². The van der Waals surface area contributed by atoms with E-state index in [2.05, 4.69) is 43.4 Å². The van der Waals surface area contributed by atoms with E-state index in [0.29, 0.717) is 11.5 Å². The maximum Gasteiger partial charge on any atom is 0.0326 e. The predicted octanol–water partition coefficient (Wildman–Crippen LogP) is 3.70. The molecule has 1 aromatic rings. The molecule has 2 aliphatic rings. The van der Waals surface area contributed by atoms with Gasteiger partial charge in [0.2, 0.25) is 0 Å². The van der Waals surface area contributed by atoms with Gasteiger partial charge in [0.05, 0.1) is 0 Å². The molecule has 17 heavy (non-hydrogen) atoms. The van der Waals surface area contributed by atoms with E-state index in [9.17, 15) is 0 Å². The lowest BCUT2D eigenvalue weighted by Crippen LogP contribution is -2.30. The molecule has 92 valence electrons. The minimum Gasteiger partial charge on any atom is -0.309 e. The third-order valence-electron chi connectivity index (χ3n) is 4.95. The Morgan fingerprint density at radius 1 is 1.29 bits per heavy atom. The second-order valence-electron chi connectivity index (χ2n) is 6.19. The number of hydrogen-bond donors (Lipinski definition) is 1. The normalized spacial score (nSPS) is 25.0. The minimum absolute atomic E-state index is 0.613. The second-order valence-corrected chi connectivity index (χ2v) is 6.19. The molecule has 3 rings (SSSR count). The number of rotatable bonds is 4. The summed E-state index contributed by atoms with van der Waals surface area (Å²) < 4.78 is 0. The lowest BCUT2D eigenvalue weighted by Gasteiger charge is -2.23. The topological polar surface area (TPSA) is 12.0 Å². The van der Waals surface area contributed by atoms with Gasteiger partial charge in [-0.05, 0) is 48.1 Å². The first-order valence-corrected chi connectivity index (χ1v) is 7.02. The fourth-order valence-electron chi connectivity index (χ4n) is 3.21. The van der Waals surface area contributed by atoms with Gasteiger partial charge in [0, 0.05) is 12.6 Å². The highest BCUT2D eigenvalue weighted by atomic mass is 14.9. The van der Waals surface area contributed by atoms with Crippen molar-refractivity contribution in [1.82, 2.24) is 5.32 Å². The number of aryl methyl sites for hydroxylation is 1. The van der Waals surface area contributed by atoms with Crippen LogP contribution in [0.25, 0.3) is 0 Å². The Bertz CT molecular complexity index is 404. The summed E-state index contributed by atoms with van der Waals surface area (Å²) in [4.78, 5) is 0. The Hall–Kier alpha value is -0.820. The Balaban J connectivity index is 1.65. The number of hydrogen-bond acceptors (Lipinski definition) is 1. The molecule has 1 unspecified atom stereocenters. The van der Waals surface area contributed by atoms with Crippen molar-refractivity contribution in [2.75, 3.05) is 6.54 Å². The summed E-state index contributed by atoms with van der Waals surface area (Å²) in [5.74, 6) is 0.826. The second kappa shape index (κ2) is 4.13. The lowest BCUT2D eigenvalue weighted by molar-refractivity contribution is 0.320. The predicted molar refractivity (Wildman–Crippen MR) is 72.0 cm³/mol. The van der Waals surface area contributed by atoms with Crippen LogP contribution in [-0.2, 0) is 6.42 Å². The summed E-state index contributed by atoms with van der Waals surface area (Å²) in [5, 5.41) is 3.82. The van der Waals surface area contributed by atoms with Crippen molar-refractivity contribution in [3.05, 3.63) is 35.4 Å². The van der Waals surface area contributed by atoms with Crippen molar-refractivity contribution < 1.29 is 0 Å². The molecule has 1 aromatic carbocycles. The summed E-state index contributed by atoms with van der Waals surface area (Å²) >= 11 is 0. The SMILES string of the molecule is CC(C)C1(CNC2CCc3ccccc32)CC1. The molecule has 0 saturated heterocycles. The zero-order chi connectivity index (χ0) is 11.9. The molecule has 0 amide bonds. The van der Waals surface area contributed by atoms with Gasteiger partial charge in [-0.3, -0.25) is 0 Å². The van der Waals surface area contributed by atoms with E-state index in [1.54, 1.807) is 11.1 Å². The largest absolute Gasteiger partial charge is 0.309 e.